The van der Waals surface area contributed by atoms with Crippen molar-refractivity contribution < 1.29 is 14.3 Å². The topological polar surface area (TPSA) is 70.3 Å². The van der Waals surface area contributed by atoms with Crippen molar-refractivity contribution in [3.05, 3.63) is 48.7 Å². The Hall–Kier alpha value is -2.64. The number of nitrogens with zero attached hydrogens (tertiary/aromatic N) is 3. The predicted molar refractivity (Wildman–Crippen MR) is 111 cm³/mol. The molecule has 2 heterocycles. The van der Waals surface area contributed by atoms with Gasteiger partial charge in [0, 0.05) is 49.9 Å². The molecule has 0 atom stereocenters. The summed E-state index contributed by atoms with van der Waals surface area (Å²) in [6.45, 7) is 1.25. The van der Waals surface area contributed by atoms with Gasteiger partial charge in [-0.1, -0.05) is 0 Å². The van der Waals surface area contributed by atoms with Crippen LogP contribution in [0.25, 0.3) is 16.6 Å². The van der Waals surface area contributed by atoms with Crippen molar-refractivity contribution in [2.75, 3.05) is 20.3 Å². The third-order valence-corrected chi connectivity index (χ3v) is 5.65. The van der Waals surface area contributed by atoms with Gasteiger partial charge in [-0.05, 0) is 43.9 Å². The molecular weight excluding hydrogens is 368 g/mol. The molecule has 0 spiro atoms. The molecule has 0 saturated heterocycles. The fourth-order valence-corrected chi connectivity index (χ4v) is 4.10. The SMILES string of the molecule is COCCO[C@H]1CC[C@H](NC(=O)c2cc(-n3ccnc3)cc3ccn(C)c23)CC1. The third kappa shape index (κ3) is 4.36. The van der Waals surface area contributed by atoms with Crippen molar-refractivity contribution in [1.29, 1.82) is 0 Å². The van der Waals surface area contributed by atoms with E-state index in [1.807, 2.05) is 40.7 Å². The van der Waals surface area contributed by atoms with E-state index < -0.39 is 0 Å². The molecule has 0 radical (unpaired) electrons. The summed E-state index contributed by atoms with van der Waals surface area (Å²) in [4.78, 5) is 17.3. The normalized spacial score (nSPS) is 19.5. The minimum Gasteiger partial charge on any atom is -0.382 e. The van der Waals surface area contributed by atoms with Gasteiger partial charge in [-0.25, -0.2) is 4.98 Å². The molecular formula is C22H28N4O3. The number of hydrogen-bond acceptors (Lipinski definition) is 4. The van der Waals surface area contributed by atoms with Crippen molar-refractivity contribution in [2.24, 2.45) is 7.05 Å². The molecule has 0 unspecified atom stereocenters. The number of nitrogens with one attached hydrogen (secondary N) is 1. The Kier molecular flexibility index (Phi) is 5.97. The number of carbonyl (C=O) groups excluding carboxylic acids is 1. The Morgan fingerprint density at radius 1 is 1.21 bits per heavy atom. The second kappa shape index (κ2) is 8.80. The van der Waals surface area contributed by atoms with E-state index in [4.69, 9.17) is 9.47 Å². The Morgan fingerprint density at radius 3 is 2.76 bits per heavy atom. The number of aryl methyl sites for hydroxylation is 1. The lowest BCUT2D eigenvalue weighted by Gasteiger charge is -2.29. The highest BCUT2D eigenvalue weighted by molar-refractivity contribution is 6.07. The van der Waals surface area contributed by atoms with Crippen LogP contribution in [0.3, 0.4) is 0 Å². The number of aromatic nitrogens is 3. The monoisotopic (exact) mass is 396 g/mol. The number of imidazole rings is 1. The second-order valence-corrected chi connectivity index (χ2v) is 7.64. The van der Waals surface area contributed by atoms with Crippen LogP contribution >= 0.6 is 0 Å². The first-order valence-electron chi connectivity index (χ1n) is 10.1. The van der Waals surface area contributed by atoms with Gasteiger partial charge in [-0.15, -0.1) is 0 Å². The summed E-state index contributed by atoms with van der Waals surface area (Å²) in [6, 6.07) is 6.24. The fraction of sp³-hybridized carbons (Fsp3) is 0.455. The van der Waals surface area contributed by atoms with Gasteiger partial charge in [-0.3, -0.25) is 4.79 Å². The lowest BCUT2D eigenvalue weighted by Crippen LogP contribution is -2.39. The van der Waals surface area contributed by atoms with E-state index in [2.05, 4.69) is 16.4 Å². The Bertz CT molecular complexity index is 956. The number of amides is 1. The van der Waals surface area contributed by atoms with Crippen LogP contribution in [0, 0.1) is 0 Å². The summed E-state index contributed by atoms with van der Waals surface area (Å²) in [7, 11) is 3.65. The molecule has 29 heavy (non-hydrogen) atoms. The average Bonchev–Trinajstić information content (AvgIpc) is 3.39. The first-order valence-corrected chi connectivity index (χ1v) is 10.1. The van der Waals surface area contributed by atoms with Crippen molar-refractivity contribution in [2.45, 2.75) is 37.8 Å². The van der Waals surface area contributed by atoms with Gasteiger partial charge in [-0.2, -0.15) is 0 Å². The van der Waals surface area contributed by atoms with Crippen LogP contribution in [0.5, 0.6) is 0 Å². The summed E-state index contributed by atoms with van der Waals surface area (Å²) < 4.78 is 14.8. The zero-order valence-corrected chi connectivity index (χ0v) is 17.0. The first-order chi connectivity index (χ1) is 14.2. The van der Waals surface area contributed by atoms with Crippen LogP contribution < -0.4 is 5.32 Å². The van der Waals surface area contributed by atoms with Gasteiger partial charge >= 0.3 is 0 Å². The molecule has 1 aliphatic rings. The van der Waals surface area contributed by atoms with E-state index in [0.717, 1.165) is 42.3 Å². The largest absolute Gasteiger partial charge is 0.382 e. The first kappa shape index (κ1) is 19.7. The van der Waals surface area contributed by atoms with E-state index in [9.17, 15) is 4.79 Å². The van der Waals surface area contributed by atoms with Gasteiger partial charge < -0.3 is 23.9 Å². The van der Waals surface area contributed by atoms with E-state index in [1.165, 1.54) is 0 Å². The highest BCUT2D eigenvalue weighted by Crippen LogP contribution is 2.26. The van der Waals surface area contributed by atoms with Crippen LogP contribution in [0.4, 0.5) is 0 Å². The highest BCUT2D eigenvalue weighted by atomic mass is 16.5. The van der Waals surface area contributed by atoms with Gasteiger partial charge in [0.1, 0.15) is 0 Å². The molecule has 1 aliphatic carbocycles. The number of methoxy groups -OCH3 is 1. The van der Waals surface area contributed by atoms with Crippen LogP contribution in [-0.2, 0) is 16.5 Å². The van der Waals surface area contributed by atoms with Gasteiger partial charge in [0.05, 0.1) is 36.7 Å². The maximum absolute atomic E-state index is 13.2. The van der Waals surface area contributed by atoms with Crippen molar-refractivity contribution in [3.63, 3.8) is 0 Å². The second-order valence-electron chi connectivity index (χ2n) is 7.64. The average molecular weight is 396 g/mol. The van der Waals surface area contributed by atoms with Crippen molar-refractivity contribution in [1.82, 2.24) is 19.4 Å². The van der Waals surface area contributed by atoms with E-state index in [1.54, 1.807) is 19.6 Å². The smallest absolute Gasteiger partial charge is 0.253 e. The molecule has 1 amide bonds. The van der Waals surface area contributed by atoms with Crippen LogP contribution in [0.15, 0.2) is 43.1 Å². The molecule has 4 rings (SSSR count). The van der Waals surface area contributed by atoms with Gasteiger partial charge in [0.2, 0.25) is 0 Å². The lowest BCUT2D eigenvalue weighted by molar-refractivity contribution is -0.00408. The van der Waals surface area contributed by atoms with E-state index >= 15 is 0 Å². The molecule has 1 fully saturated rings. The maximum Gasteiger partial charge on any atom is 0.253 e. The van der Waals surface area contributed by atoms with Crippen LogP contribution in [-0.4, -0.2) is 52.5 Å². The Balaban J connectivity index is 1.48. The molecule has 3 aromatic rings. The van der Waals surface area contributed by atoms with Crippen LogP contribution in [0.2, 0.25) is 0 Å². The van der Waals surface area contributed by atoms with Crippen LogP contribution in [0.1, 0.15) is 36.0 Å². The summed E-state index contributed by atoms with van der Waals surface area (Å²) in [5, 5.41) is 4.29. The van der Waals surface area contributed by atoms with Gasteiger partial charge in [0.25, 0.3) is 5.91 Å². The predicted octanol–water partition coefficient (Wildman–Crippen LogP) is 3.07. The van der Waals surface area contributed by atoms with Gasteiger partial charge in [0.15, 0.2) is 0 Å². The zero-order chi connectivity index (χ0) is 20.2. The maximum atomic E-state index is 13.2. The Labute approximate surface area is 170 Å². The molecule has 1 aromatic carbocycles. The quantitative estimate of drug-likeness (QED) is 0.623. The number of hydrogen-bond donors (Lipinski definition) is 1. The number of carbonyl (C=O) groups is 1. The molecule has 1 N–H and O–H groups in total. The van der Waals surface area contributed by atoms with Crippen molar-refractivity contribution >= 4 is 16.8 Å². The minimum atomic E-state index is -0.0254. The Morgan fingerprint density at radius 2 is 2.03 bits per heavy atom. The standard InChI is InChI=1S/C22H28N4O3/c1-25-9-7-16-13-18(26-10-8-23-15-26)14-20(21(16)25)22(27)24-17-3-5-19(6-4-17)29-12-11-28-2/h7-10,13-15,17,19H,3-6,11-12H2,1-2H3,(H,24,27)/t17-,19-. The summed E-state index contributed by atoms with van der Waals surface area (Å²) >= 11 is 0. The van der Waals surface area contributed by atoms with E-state index in [0.29, 0.717) is 18.8 Å². The number of benzene rings is 1. The molecule has 7 nitrogen and oxygen atoms in total. The highest BCUT2D eigenvalue weighted by Gasteiger charge is 2.24. The number of fused-ring (bicyclic) bond motifs is 1. The molecule has 2 aromatic heterocycles. The third-order valence-electron chi connectivity index (χ3n) is 5.65. The zero-order valence-electron chi connectivity index (χ0n) is 17.0. The molecule has 0 aliphatic heterocycles. The number of rotatable bonds is 7. The number of ether oxygens (including phenoxy) is 2. The van der Waals surface area contributed by atoms with Crippen molar-refractivity contribution in [3.8, 4) is 5.69 Å². The summed E-state index contributed by atoms with van der Waals surface area (Å²) in [5.41, 5.74) is 2.57. The summed E-state index contributed by atoms with van der Waals surface area (Å²) in [6.07, 6.45) is 11.4. The van der Waals surface area contributed by atoms with E-state index in [-0.39, 0.29) is 18.1 Å². The lowest BCUT2D eigenvalue weighted by atomic mass is 9.92. The minimum absolute atomic E-state index is 0.0254. The molecule has 154 valence electrons. The molecule has 1 saturated carbocycles. The molecule has 7 heteroatoms. The molecule has 0 bridgehead atoms. The fourth-order valence-electron chi connectivity index (χ4n) is 4.10. The summed E-state index contributed by atoms with van der Waals surface area (Å²) in [5.74, 6) is -0.0254.